The van der Waals surface area contributed by atoms with E-state index in [9.17, 15) is 15.0 Å². The third-order valence-corrected chi connectivity index (χ3v) is 4.13. The molecule has 88 valence electrons. The van der Waals surface area contributed by atoms with Crippen LogP contribution in [-0.4, -0.2) is 46.4 Å². The minimum absolute atomic E-state index is 0.0371. The molecule has 0 saturated carbocycles. The van der Waals surface area contributed by atoms with Crippen LogP contribution in [0.4, 0.5) is 0 Å². The average Bonchev–Trinajstić information content (AvgIpc) is 2.79. The molecule has 0 spiro atoms. The van der Waals surface area contributed by atoms with Crippen LogP contribution in [0.2, 0.25) is 0 Å². The molecule has 5 heteroatoms. The summed E-state index contributed by atoms with van der Waals surface area (Å²) >= 11 is 1.77. The molecule has 0 aromatic rings. The molecular weight excluding hydrogens is 214 g/mol. The van der Waals surface area contributed by atoms with Gasteiger partial charge in [-0.2, -0.15) is 11.8 Å². The third-order valence-electron chi connectivity index (χ3n) is 2.97. The Bertz CT molecular complexity index is 204. The number of hydrogen-bond donors (Lipinski definition) is 3. The topological polar surface area (TPSA) is 69.6 Å². The predicted molar refractivity (Wildman–Crippen MR) is 60.8 cm³/mol. The first-order valence-corrected chi connectivity index (χ1v) is 6.44. The molecular formula is C10H19NO3S. The monoisotopic (exact) mass is 233 g/mol. The van der Waals surface area contributed by atoms with Crippen molar-refractivity contribution in [2.45, 2.75) is 25.3 Å². The lowest BCUT2D eigenvalue weighted by Gasteiger charge is -2.30. The molecule has 4 nitrogen and oxygen atoms in total. The molecule has 1 atom stereocenters. The quantitative estimate of drug-likeness (QED) is 0.624. The second-order valence-electron chi connectivity index (χ2n) is 4.00. The predicted octanol–water partition coefficient (Wildman–Crippen LogP) is -0.0109. The van der Waals surface area contributed by atoms with Crippen molar-refractivity contribution < 1.29 is 15.0 Å². The Balaban J connectivity index is 2.53. The van der Waals surface area contributed by atoms with Gasteiger partial charge in [-0.25, -0.2) is 0 Å². The highest BCUT2D eigenvalue weighted by Gasteiger charge is 2.32. The van der Waals surface area contributed by atoms with Crippen LogP contribution in [-0.2, 0) is 4.79 Å². The highest BCUT2D eigenvalue weighted by atomic mass is 32.2. The zero-order valence-electron chi connectivity index (χ0n) is 9.03. The highest BCUT2D eigenvalue weighted by Crippen LogP contribution is 2.24. The van der Waals surface area contributed by atoms with Crippen LogP contribution in [0, 0.1) is 5.92 Å². The number of hydrogen-bond acceptors (Lipinski definition) is 4. The van der Waals surface area contributed by atoms with Gasteiger partial charge in [0.25, 0.3) is 0 Å². The maximum absolute atomic E-state index is 11.8. The van der Waals surface area contributed by atoms with Crippen molar-refractivity contribution in [1.82, 2.24) is 5.32 Å². The van der Waals surface area contributed by atoms with Gasteiger partial charge in [0.1, 0.15) is 0 Å². The molecule has 1 aliphatic heterocycles. The van der Waals surface area contributed by atoms with Crippen molar-refractivity contribution in [3.8, 4) is 0 Å². The molecule has 1 rings (SSSR count). The normalized spacial score (nSPS) is 21.7. The molecule has 0 bridgehead atoms. The third kappa shape index (κ3) is 3.09. The highest BCUT2D eigenvalue weighted by molar-refractivity contribution is 7.99. The number of aliphatic hydroxyl groups excluding tert-OH is 2. The number of thioether (sulfide) groups is 1. The molecule has 1 unspecified atom stereocenters. The van der Waals surface area contributed by atoms with Crippen LogP contribution in [0.1, 0.15) is 19.8 Å². The van der Waals surface area contributed by atoms with Gasteiger partial charge in [0, 0.05) is 11.7 Å². The minimum atomic E-state index is -0.843. The van der Waals surface area contributed by atoms with E-state index in [1.165, 1.54) is 0 Å². The number of nitrogens with one attached hydrogen (secondary N) is 1. The van der Waals surface area contributed by atoms with Crippen LogP contribution in [0.15, 0.2) is 0 Å². The molecule has 0 aliphatic carbocycles. The summed E-state index contributed by atoms with van der Waals surface area (Å²) in [5.41, 5.74) is -0.843. The first-order valence-electron chi connectivity index (χ1n) is 5.29. The van der Waals surface area contributed by atoms with Crippen molar-refractivity contribution in [3.63, 3.8) is 0 Å². The SMILES string of the molecule is CCC(CO)(CO)NC(=O)C1CCSC1. The van der Waals surface area contributed by atoms with Crippen molar-refractivity contribution in [3.05, 3.63) is 0 Å². The van der Waals surface area contributed by atoms with Crippen LogP contribution in [0.3, 0.4) is 0 Å². The van der Waals surface area contributed by atoms with Crippen molar-refractivity contribution in [1.29, 1.82) is 0 Å². The van der Waals surface area contributed by atoms with Gasteiger partial charge in [0.15, 0.2) is 0 Å². The van der Waals surface area contributed by atoms with Gasteiger partial charge in [-0.1, -0.05) is 6.92 Å². The standard InChI is InChI=1S/C10H19NO3S/c1-2-10(6-12,7-13)11-9(14)8-3-4-15-5-8/h8,12-13H,2-7H2,1H3,(H,11,14). The fourth-order valence-corrected chi connectivity index (χ4v) is 2.77. The maximum Gasteiger partial charge on any atom is 0.224 e. The molecule has 1 saturated heterocycles. The lowest BCUT2D eigenvalue weighted by atomic mass is 9.96. The van der Waals surface area contributed by atoms with E-state index in [0.717, 1.165) is 17.9 Å². The summed E-state index contributed by atoms with van der Waals surface area (Å²) in [4.78, 5) is 11.8. The average molecular weight is 233 g/mol. The summed E-state index contributed by atoms with van der Waals surface area (Å²) in [6, 6.07) is 0. The molecule has 1 fully saturated rings. The van der Waals surface area contributed by atoms with E-state index in [1.54, 1.807) is 11.8 Å². The van der Waals surface area contributed by atoms with Gasteiger partial charge < -0.3 is 15.5 Å². The van der Waals surface area contributed by atoms with E-state index in [0.29, 0.717) is 6.42 Å². The zero-order chi connectivity index (χ0) is 11.3. The Morgan fingerprint density at radius 3 is 2.60 bits per heavy atom. The van der Waals surface area contributed by atoms with Gasteiger partial charge in [-0.15, -0.1) is 0 Å². The Morgan fingerprint density at radius 2 is 2.20 bits per heavy atom. The molecule has 3 N–H and O–H groups in total. The van der Waals surface area contributed by atoms with E-state index >= 15 is 0 Å². The fraction of sp³-hybridized carbons (Fsp3) is 0.900. The summed E-state index contributed by atoms with van der Waals surface area (Å²) in [6.07, 6.45) is 1.43. The Kier molecular flexibility index (Phi) is 4.89. The lowest BCUT2D eigenvalue weighted by Crippen LogP contribution is -2.55. The summed E-state index contributed by atoms with van der Waals surface area (Å²) in [7, 11) is 0. The van der Waals surface area contributed by atoms with E-state index in [1.807, 2.05) is 6.92 Å². The molecule has 1 aliphatic rings. The Hall–Kier alpha value is -0.260. The largest absolute Gasteiger partial charge is 0.394 e. The van der Waals surface area contributed by atoms with E-state index < -0.39 is 5.54 Å². The zero-order valence-corrected chi connectivity index (χ0v) is 9.85. The summed E-state index contributed by atoms with van der Waals surface area (Å²) in [6.45, 7) is 1.41. The second-order valence-corrected chi connectivity index (χ2v) is 5.15. The van der Waals surface area contributed by atoms with Gasteiger partial charge in [-0.3, -0.25) is 4.79 Å². The Morgan fingerprint density at radius 1 is 1.53 bits per heavy atom. The molecule has 1 heterocycles. The first kappa shape index (κ1) is 12.8. The maximum atomic E-state index is 11.8. The van der Waals surface area contributed by atoms with E-state index in [4.69, 9.17) is 0 Å². The van der Waals surface area contributed by atoms with Crippen LogP contribution in [0.5, 0.6) is 0 Å². The van der Waals surface area contributed by atoms with E-state index in [-0.39, 0.29) is 25.0 Å². The second kappa shape index (κ2) is 5.72. The Labute approximate surface area is 94.4 Å². The molecule has 15 heavy (non-hydrogen) atoms. The van der Waals surface area contributed by atoms with Gasteiger partial charge in [0.2, 0.25) is 5.91 Å². The summed E-state index contributed by atoms with van der Waals surface area (Å²) < 4.78 is 0. The van der Waals surface area contributed by atoms with Crippen LogP contribution in [0.25, 0.3) is 0 Å². The van der Waals surface area contributed by atoms with Crippen molar-refractivity contribution in [2.24, 2.45) is 5.92 Å². The van der Waals surface area contributed by atoms with Crippen molar-refractivity contribution in [2.75, 3.05) is 24.7 Å². The molecule has 1 amide bonds. The van der Waals surface area contributed by atoms with Gasteiger partial charge >= 0.3 is 0 Å². The molecule has 0 radical (unpaired) electrons. The molecule has 0 aromatic carbocycles. The van der Waals surface area contributed by atoms with E-state index in [2.05, 4.69) is 5.32 Å². The summed E-state index contributed by atoms with van der Waals surface area (Å²) in [5.74, 6) is 1.88. The number of carbonyl (C=O) groups excluding carboxylic acids is 1. The first-order chi connectivity index (χ1) is 7.17. The van der Waals surface area contributed by atoms with Gasteiger partial charge in [-0.05, 0) is 18.6 Å². The number of amides is 1. The minimum Gasteiger partial charge on any atom is -0.394 e. The molecule has 0 aromatic heterocycles. The lowest BCUT2D eigenvalue weighted by molar-refractivity contribution is -0.127. The van der Waals surface area contributed by atoms with Gasteiger partial charge in [0.05, 0.1) is 18.8 Å². The van der Waals surface area contributed by atoms with Crippen LogP contribution < -0.4 is 5.32 Å². The smallest absolute Gasteiger partial charge is 0.224 e. The van der Waals surface area contributed by atoms with Crippen molar-refractivity contribution >= 4 is 17.7 Å². The summed E-state index contributed by atoms with van der Waals surface area (Å²) in [5, 5.41) is 21.1. The fourth-order valence-electron chi connectivity index (χ4n) is 1.55. The number of rotatable bonds is 5. The number of aliphatic hydroxyl groups is 2. The van der Waals surface area contributed by atoms with Crippen LogP contribution >= 0.6 is 11.8 Å². The number of carbonyl (C=O) groups is 1.